The van der Waals surface area contributed by atoms with E-state index in [1.165, 1.54) is 0 Å². The van der Waals surface area contributed by atoms with Gasteiger partial charge < -0.3 is 14.4 Å². The molecule has 1 unspecified atom stereocenters. The average Bonchev–Trinajstić information content (AvgIpc) is 3.59. The molecule has 13 heteroatoms. The van der Waals surface area contributed by atoms with Crippen LogP contribution in [-0.4, -0.2) is 76.2 Å². The highest BCUT2D eigenvalue weighted by atomic mass is 19.4. The van der Waals surface area contributed by atoms with E-state index in [4.69, 9.17) is 14.3 Å². The molecule has 5 fully saturated rings. The molecule has 256 valence electrons. The van der Waals surface area contributed by atoms with Gasteiger partial charge in [0.15, 0.2) is 5.78 Å². The van der Waals surface area contributed by atoms with Crippen LogP contribution in [0.1, 0.15) is 85.5 Å². The number of ketones is 1. The number of ether oxygens (including phenoxy) is 2. The predicted octanol–water partition coefficient (Wildman–Crippen LogP) is 5.21. The second-order valence-electron chi connectivity index (χ2n) is 15.1. The summed E-state index contributed by atoms with van der Waals surface area (Å²) in [6.07, 6.45) is -1.09. The van der Waals surface area contributed by atoms with Crippen molar-refractivity contribution in [2.75, 3.05) is 6.54 Å². The second-order valence-corrected chi connectivity index (χ2v) is 15.1. The standard InChI is InChI=1S/C34H41F3N2O8/c1-16-13-23-28(38(15-16)30(43)34(35,36)37)18(3)33(46-23)12-10-21-22-6-5-19-14-20(45-31(44)47-39-24(40)7-8-25(39)41)9-11-32(19,4)27(22)29(42)26(21)17(33)2/h5,16,18,20-23,27-28H,6-15H2,1-4H3/t16-,18+,20-,21-,22-,23+,27+,28-,32-,33?/m0/s1. The van der Waals surface area contributed by atoms with Gasteiger partial charge in [0, 0.05) is 43.2 Å². The molecule has 0 aromatic heterocycles. The summed E-state index contributed by atoms with van der Waals surface area (Å²) in [6.45, 7) is 7.73. The number of allylic oxidation sites excluding steroid dienone is 2. The topological polar surface area (TPSA) is 120 Å². The first-order valence-electron chi connectivity index (χ1n) is 16.8. The van der Waals surface area contributed by atoms with Crippen molar-refractivity contribution < 1.29 is 51.5 Å². The predicted molar refractivity (Wildman–Crippen MR) is 157 cm³/mol. The van der Waals surface area contributed by atoms with Crippen LogP contribution in [0.15, 0.2) is 22.8 Å². The lowest BCUT2D eigenvalue weighted by atomic mass is 9.56. The quantitative estimate of drug-likeness (QED) is 0.225. The molecule has 3 heterocycles. The number of carbonyl (C=O) groups excluding carboxylic acids is 5. The number of piperidine rings is 1. The minimum Gasteiger partial charge on any atom is -0.429 e. The van der Waals surface area contributed by atoms with Crippen molar-refractivity contribution in [2.24, 2.45) is 35.0 Å². The van der Waals surface area contributed by atoms with Crippen LogP contribution in [0.3, 0.4) is 0 Å². The van der Waals surface area contributed by atoms with Gasteiger partial charge in [-0.25, -0.2) is 4.79 Å². The van der Waals surface area contributed by atoms with E-state index in [1.807, 2.05) is 20.8 Å². The number of nitrogens with zero attached hydrogens (tertiary/aromatic N) is 2. The Morgan fingerprint density at radius 2 is 1.77 bits per heavy atom. The summed E-state index contributed by atoms with van der Waals surface area (Å²) in [5.41, 5.74) is 1.20. The zero-order valence-corrected chi connectivity index (χ0v) is 27.1. The molecule has 0 bridgehead atoms. The molecule has 10 nitrogen and oxygen atoms in total. The number of hydrogen-bond donors (Lipinski definition) is 0. The van der Waals surface area contributed by atoms with Crippen LogP contribution >= 0.6 is 0 Å². The fourth-order valence-corrected chi connectivity index (χ4v) is 10.5. The van der Waals surface area contributed by atoms with E-state index in [2.05, 4.69) is 13.0 Å². The number of Topliss-reactive ketones (excluding diaryl/α,β-unsaturated/α-hetero) is 1. The van der Waals surface area contributed by atoms with Crippen LogP contribution in [0.2, 0.25) is 0 Å². The van der Waals surface area contributed by atoms with E-state index >= 15 is 0 Å². The highest BCUT2D eigenvalue weighted by Crippen LogP contribution is 2.64. The number of alkyl halides is 3. The second kappa shape index (κ2) is 10.9. The van der Waals surface area contributed by atoms with Crippen LogP contribution in [0, 0.1) is 35.0 Å². The Labute approximate surface area is 270 Å². The highest BCUT2D eigenvalue weighted by Gasteiger charge is 2.65. The first-order chi connectivity index (χ1) is 22.1. The molecule has 3 aliphatic heterocycles. The number of amides is 3. The van der Waals surface area contributed by atoms with Gasteiger partial charge in [0.05, 0.1) is 17.7 Å². The van der Waals surface area contributed by atoms with Crippen LogP contribution in [0.25, 0.3) is 0 Å². The van der Waals surface area contributed by atoms with Gasteiger partial charge in [-0.1, -0.05) is 37.5 Å². The normalized spacial score (nSPS) is 41.4. The summed E-state index contributed by atoms with van der Waals surface area (Å²) in [4.78, 5) is 69.1. The van der Waals surface area contributed by atoms with Crippen molar-refractivity contribution >= 4 is 29.7 Å². The van der Waals surface area contributed by atoms with Gasteiger partial charge >= 0.3 is 18.2 Å². The Hall–Kier alpha value is -3.22. The van der Waals surface area contributed by atoms with Gasteiger partial charge in [-0.3, -0.25) is 24.0 Å². The molecule has 3 amide bonds. The van der Waals surface area contributed by atoms with E-state index in [-0.39, 0.29) is 48.8 Å². The van der Waals surface area contributed by atoms with Crippen LogP contribution in [0.5, 0.6) is 0 Å². The zero-order chi connectivity index (χ0) is 33.8. The van der Waals surface area contributed by atoms with Gasteiger partial charge in [0.25, 0.3) is 11.8 Å². The molecule has 4 aliphatic carbocycles. The molecule has 0 N–H and O–H groups in total. The third kappa shape index (κ3) is 4.80. The lowest BCUT2D eigenvalue weighted by Crippen LogP contribution is -2.57. The summed E-state index contributed by atoms with van der Waals surface area (Å²) >= 11 is 0. The molecule has 10 atom stereocenters. The van der Waals surface area contributed by atoms with Crippen LogP contribution < -0.4 is 0 Å². The fraction of sp³-hybridized carbons (Fsp3) is 0.735. The fourth-order valence-electron chi connectivity index (χ4n) is 10.5. The van der Waals surface area contributed by atoms with Gasteiger partial charge in [-0.05, 0) is 74.2 Å². The van der Waals surface area contributed by atoms with Crippen molar-refractivity contribution in [3.63, 3.8) is 0 Å². The number of carbonyl (C=O) groups is 5. The third-order valence-electron chi connectivity index (χ3n) is 12.7. The summed E-state index contributed by atoms with van der Waals surface area (Å²) in [7, 11) is 0. The Morgan fingerprint density at radius 1 is 1.06 bits per heavy atom. The number of imide groups is 1. The number of likely N-dealkylation sites (tertiary alicyclic amines) is 1. The molecule has 2 saturated carbocycles. The Bertz CT molecular complexity index is 1490. The van der Waals surface area contributed by atoms with Gasteiger partial charge in [0.2, 0.25) is 0 Å². The number of halogens is 3. The number of fused-ring (bicyclic) bond motifs is 6. The van der Waals surface area contributed by atoms with E-state index in [0.29, 0.717) is 50.0 Å². The maximum atomic E-state index is 14.5. The van der Waals surface area contributed by atoms with Gasteiger partial charge in [-0.2, -0.15) is 13.2 Å². The van der Waals surface area contributed by atoms with Crippen LogP contribution in [-0.2, 0) is 33.5 Å². The minimum absolute atomic E-state index is 0.0116. The summed E-state index contributed by atoms with van der Waals surface area (Å²) in [5, 5.41) is 0.456. The minimum atomic E-state index is -4.98. The van der Waals surface area contributed by atoms with Crippen molar-refractivity contribution in [3.8, 4) is 0 Å². The highest BCUT2D eigenvalue weighted by molar-refractivity contribution is 6.03. The number of rotatable bonds is 2. The Morgan fingerprint density at radius 3 is 2.45 bits per heavy atom. The molecule has 7 aliphatic rings. The maximum Gasteiger partial charge on any atom is 0.534 e. The molecule has 0 aromatic rings. The Kier molecular flexibility index (Phi) is 7.50. The van der Waals surface area contributed by atoms with Crippen molar-refractivity contribution in [3.05, 3.63) is 22.8 Å². The van der Waals surface area contributed by atoms with Gasteiger partial charge in [0.1, 0.15) is 6.10 Å². The van der Waals surface area contributed by atoms with Gasteiger partial charge in [-0.15, -0.1) is 0 Å². The summed E-state index contributed by atoms with van der Waals surface area (Å²) < 4.78 is 53.3. The molecule has 1 spiro atoms. The molecule has 47 heavy (non-hydrogen) atoms. The summed E-state index contributed by atoms with van der Waals surface area (Å²) in [5.74, 6) is -3.71. The molecular formula is C34H41F3N2O8. The third-order valence-corrected chi connectivity index (χ3v) is 12.7. The first kappa shape index (κ1) is 32.3. The monoisotopic (exact) mass is 662 g/mol. The number of hydroxylamine groups is 2. The summed E-state index contributed by atoms with van der Waals surface area (Å²) in [6, 6.07) is -0.722. The van der Waals surface area contributed by atoms with E-state index in [0.717, 1.165) is 21.6 Å². The molecule has 3 saturated heterocycles. The van der Waals surface area contributed by atoms with Crippen LogP contribution in [0.4, 0.5) is 18.0 Å². The first-order valence-corrected chi connectivity index (χ1v) is 16.8. The largest absolute Gasteiger partial charge is 0.534 e. The zero-order valence-electron chi connectivity index (χ0n) is 27.1. The molecular weight excluding hydrogens is 621 g/mol. The molecule has 0 aromatic carbocycles. The van der Waals surface area contributed by atoms with Crippen molar-refractivity contribution in [1.29, 1.82) is 0 Å². The lowest BCUT2D eigenvalue weighted by molar-refractivity contribution is -0.192. The van der Waals surface area contributed by atoms with Crippen molar-refractivity contribution in [1.82, 2.24) is 9.96 Å². The average molecular weight is 663 g/mol. The molecule has 0 radical (unpaired) electrons. The Balaban J connectivity index is 1.11. The van der Waals surface area contributed by atoms with E-state index < -0.39 is 65.2 Å². The number of hydrogen-bond acceptors (Lipinski definition) is 8. The van der Waals surface area contributed by atoms with E-state index in [9.17, 15) is 37.1 Å². The van der Waals surface area contributed by atoms with Crippen molar-refractivity contribution in [2.45, 2.75) is 116 Å². The smallest absolute Gasteiger partial charge is 0.429 e. The molecule has 7 rings (SSSR count). The lowest BCUT2D eigenvalue weighted by Gasteiger charge is -2.48. The maximum absolute atomic E-state index is 14.5. The van der Waals surface area contributed by atoms with E-state index in [1.54, 1.807) is 0 Å². The SMILES string of the molecule is CC1=C2C(=O)[C@H]3[C@@H](CC=C4C[C@@H](OC(=O)ON5C(=O)CCC5=O)CC[C@@]43C)[C@@H]2CCC12O[C@@H]1C[C@H](C)CN(C(=O)C(F)(F)F)[C@H]1[C@H]2C.